The number of carbonyl (C=O) groups excluding carboxylic acids is 1. The Morgan fingerprint density at radius 2 is 1.97 bits per heavy atom. The molecular formula is C24H24N4O2S. The van der Waals surface area contributed by atoms with Crippen molar-refractivity contribution in [1.29, 1.82) is 0 Å². The average Bonchev–Trinajstić information content (AvgIpc) is 3.50. The molecule has 7 heteroatoms. The minimum atomic E-state index is -0.0855. The number of ether oxygens (including phenoxy) is 1. The first-order valence-corrected chi connectivity index (χ1v) is 11.3. The predicted octanol–water partition coefficient (Wildman–Crippen LogP) is 4.62. The van der Waals surface area contributed by atoms with Crippen LogP contribution in [-0.4, -0.2) is 42.4 Å². The number of nitrogens with zero attached hydrogens (tertiary/aromatic N) is 2. The van der Waals surface area contributed by atoms with Crippen LogP contribution in [0, 0.1) is 0 Å². The molecule has 2 aromatic carbocycles. The molecule has 4 aromatic rings. The minimum Gasteiger partial charge on any atom is -0.378 e. The number of hydrogen-bond donors (Lipinski definition) is 2. The fourth-order valence-electron chi connectivity index (χ4n) is 3.92. The van der Waals surface area contributed by atoms with E-state index < -0.39 is 0 Å². The van der Waals surface area contributed by atoms with Gasteiger partial charge in [-0.1, -0.05) is 18.2 Å². The molecular weight excluding hydrogens is 408 g/mol. The highest BCUT2D eigenvalue weighted by Gasteiger charge is 2.16. The third kappa shape index (κ3) is 4.06. The predicted molar refractivity (Wildman–Crippen MR) is 125 cm³/mol. The maximum atomic E-state index is 12.8. The Hall–Kier alpha value is -3.16. The standard InChI is InChI=1S/C24H24N4O2S/c1-16(22-3-2-14-31-22)25-24(29)18-6-9-21-20(15-18)23(27-26-21)17-4-7-19(8-5-17)28-10-12-30-13-11-28/h2-9,14-16H,10-13H2,1H3,(H,25,29)(H,26,27). The summed E-state index contributed by atoms with van der Waals surface area (Å²) in [6, 6.07) is 18.1. The lowest BCUT2D eigenvalue weighted by Gasteiger charge is -2.28. The molecule has 0 aliphatic carbocycles. The van der Waals surface area contributed by atoms with Crippen LogP contribution in [-0.2, 0) is 4.74 Å². The summed E-state index contributed by atoms with van der Waals surface area (Å²) in [6.07, 6.45) is 0. The second-order valence-electron chi connectivity index (χ2n) is 7.69. The van der Waals surface area contributed by atoms with Gasteiger partial charge in [0.1, 0.15) is 0 Å². The van der Waals surface area contributed by atoms with Crippen molar-refractivity contribution in [3.8, 4) is 11.3 Å². The zero-order valence-corrected chi connectivity index (χ0v) is 18.1. The summed E-state index contributed by atoms with van der Waals surface area (Å²) in [5, 5.41) is 13.7. The third-order valence-electron chi connectivity index (χ3n) is 5.66. The molecule has 0 spiro atoms. The van der Waals surface area contributed by atoms with Crippen LogP contribution >= 0.6 is 11.3 Å². The van der Waals surface area contributed by atoms with Crippen molar-refractivity contribution >= 4 is 33.8 Å². The molecule has 2 N–H and O–H groups in total. The average molecular weight is 433 g/mol. The number of fused-ring (bicyclic) bond motifs is 1. The second kappa shape index (κ2) is 8.53. The van der Waals surface area contributed by atoms with Gasteiger partial charge in [0.15, 0.2) is 0 Å². The summed E-state index contributed by atoms with van der Waals surface area (Å²) >= 11 is 1.64. The molecule has 1 saturated heterocycles. The van der Waals surface area contributed by atoms with E-state index in [0.29, 0.717) is 5.56 Å². The highest BCUT2D eigenvalue weighted by molar-refractivity contribution is 7.10. The van der Waals surface area contributed by atoms with E-state index >= 15 is 0 Å². The quantitative estimate of drug-likeness (QED) is 0.483. The fourth-order valence-corrected chi connectivity index (χ4v) is 4.65. The molecule has 5 rings (SSSR count). The Labute approximate surface area is 184 Å². The van der Waals surface area contributed by atoms with Crippen molar-refractivity contribution in [3.63, 3.8) is 0 Å². The number of benzene rings is 2. The van der Waals surface area contributed by atoms with Crippen molar-refractivity contribution in [3.05, 3.63) is 70.4 Å². The minimum absolute atomic E-state index is 0.0280. The fraction of sp³-hybridized carbons (Fsp3) is 0.250. The molecule has 1 unspecified atom stereocenters. The summed E-state index contributed by atoms with van der Waals surface area (Å²) < 4.78 is 5.44. The molecule has 0 radical (unpaired) electrons. The smallest absolute Gasteiger partial charge is 0.251 e. The van der Waals surface area contributed by atoms with Gasteiger partial charge in [0.25, 0.3) is 5.91 Å². The first kappa shape index (κ1) is 19.8. The first-order chi connectivity index (χ1) is 15.2. The topological polar surface area (TPSA) is 70.2 Å². The van der Waals surface area contributed by atoms with Gasteiger partial charge in [0.05, 0.1) is 30.5 Å². The van der Waals surface area contributed by atoms with Crippen LogP contribution in [0.4, 0.5) is 5.69 Å². The summed E-state index contributed by atoms with van der Waals surface area (Å²) in [4.78, 5) is 16.3. The van der Waals surface area contributed by atoms with Gasteiger partial charge in [-0.2, -0.15) is 5.10 Å². The lowest BCUT2D eigenvalue weighted by Crippen LogP contribution is -2.36. The number of rotatable bonds is 5. The highest BCUT2D eigenvalue weighted by atomic mass is 32.1. The second-order valence-corrected chi connectivity index (χ2v) is 8.67. The van der Waals surface area contributed by atoms with E-state index in [1.54, 1.807) is 11.3 Å². The van der Waals surface area contributed by atoms with Crippen LogP contribution in [0.2, 0.25) is 0 Å². The Morgan fingerprint density at radius 1 is 1.16 bits per heavy atom. The number of thiophene rings is 1. The molecule has 3 heterocycles. The van der Waals surface area contributed by atoms with Crippen LogP contribution in [0.3, 0.4) is 0 Å². The highest BCUT2D eigenvalue weighted by Crippen LogP contribution is 2.29. The number of H-pyrrole nitrogens is 1. The number of hydrogen-bond acceptors (Lipinski definition) is 5. The van der Waals surface area contributed by atoms with E-state index in [0.717, 1.165) is 53.3 Å². The molecule has 1 fully saturated rings. The molecule has 1 aliphatic heterocycles. The molecule has 158 valence electrons. The summed E-state index contributed by atoms with van der Waals surface area (Å²) in [7, 11) is 0. The Balaban J connectivity index is 1.39. The monoisotopic (exact) mass is 432 g/mol. The third-order valence-corrected chi connectivity index (χ3v) is 6.71. The van der Waals surface area contributed by atoms with Crippen LogP contribution in [0.15, 0.2) is 60.0 Å². The number of amides is 1. The Morgan fingerprint density at radius 3 is 2.71 bits per heavy atom. The number of aromatic amines is 1. The maximum Gasteiger partial charge on any atom is 0.251 e. The van der Waals surface area contributed by atoms with Crippen molar-refractivity contribution in [1.82, 2.24) is 15.5 Å². The van der Waals surface area contributed by atoms with Crippen LogP contribution in [0.25, 0.3) is 22.2 Å². The Bertz CT molecular complexity index is 1180. The zero-order chi connectivity index (χ0) is 21.2. The van der Waals surface area contributed by atoms with Gasteiger partial charge in [-0.25, -0.2) is 0 Å². The van der Waals surface area contributed by atoms with Gasteiger partial charge in [-0.05, 0) is 48.7 Å². The van der Waals surface area contributed by atoms with Gasteiger partial charge in [0, 0.05) is 40.2 Å². The van der Waals surface area contributed by atoms with Crippen LogP contribution in [0.1, 0.15) is 28.2 Å². The Kier molecular flexibility index (Phi) is 5.44. The molecule has 1 amide bonds. The van der Waals surface area contributed by atoms with E-state index in [2.05, 4.69) is 44.7 Å². The van der Waals surface area contributed by atoms with Gasteiger partial charge in [0.2, 0.25) is 0 Å². The van der Waals surface area contributed by atoms with Gasteiger partial charge in [-0.3, -0.25) is 9.89 Å². The molecule has 1 atom stereocenters. The van der Waals surface area contributed by atoms with Crippen molar-refractivity contribution in [2.45, 2.75) is 13.0 Å². The lowest BCUT2D eigenvalue weighted by molar-refractivity contribution is 0.0940. The van der Waals surface area contributed by atoms with E-state index in [1.165, 1.54) is 5.69 Å². The molecule has 6 nitrogen and oxygen atoms in total. The van der Waals surface area contributed by atoms with Crippen LogP contribution in [0.5, 0.6) is 0 Å². The number of aromatic nitrogens is 2. The number of morpholine rings is 1. The summed E-state index contributed by atoms with van der Waals surface area (Å²) in [5.74, 6) is -0.0855. The lowest BCUT2D eigenvalue weighted by atomic mass is 10.0. The van der Waals surface area contributed by atoms with E-state index in [-0.39, 0.29) is 11.9 Å². The van der Waals surface area contributed by atoms with Crippen LogP contribution < -0.4 is 10.2 Å². The number of anilines is 1. The van der Waals surface area contributed by atoms with Gasteiger partial charge < -0.3 is 15.0 Å². The number of nitrogens with one attached hydrogen (secondary N) is 2. The first-order valence-electron chi connectivity index (χ1n) is 10.4. The van der Waals surface area contributed by atoms with E-state index in [4.69, 9.17) is 4.74 Å². The van der Waals surface area contributed by atoms with E-state index in [9.17, 15) is 4.79 Å². The number of carbonyl (C=O) groups is 1. The largest absolute Gasteiger partial charge is 0.378 e. The van der Waals surface area contributed by atoms with Gasteiger partial charge >= 0.3 is 0 Å². The van der Waals surface area contributed by atoms with Crippen molar-refractivity contribution in [2.75, 3.05) is 31.2 Å². The SMILES string of the molecule is CC(NC(=O)c1ccc2[nH]nc(-c3ccc(N4CCOCC4)cc3)c2c1)c1cccs1. The van der Waals surface area contributed by atoms with Crippen molar-refractivity contribution < 1.29 is 9.53 Å². The molecule has 2 aromatic heterocycles. The summed E-state index contributed by atoms with van der Waals surface area (Å²) in [6.45, 7) is 5.35. The maximum absolute atomic E-state index is 12.8. The molecule has 1 aliphatic rings. The summed E-state index contributed by atoms with van der Waals surface area (Å²) in [5.41, 5.74) is 4.60. The molecule has 0 bridgehead atoms. The molecule has 31 heavy (non-hydrogen) atoms. The normalized spacial score (nSPS) is 15.2. The zero-order valence-electron chi connectivity index (χ0n) is 17.3. The van der Waals surface area contributed by atoms with E-state index in [1.807, 2.05) is 42.6 Å². The molecule has 0 saturated carbocycles. The van der Waals surface area contributed by atoms with Gasteiger partial charge in [-0.15, -0.1) is 11.3 Å². The van der Waals surface area contributed by atoms with Crippen molar-refractivity contribution in [2.24, 2.45) is 0 Å².